The first kappa shape index (κ1) is 20.5. The second-order valence-corrected chi connectivity index (χ2v) is 20.9. The topological polar surface area (TPSA) is 3.24 Å². The van der Waals surface area contributed by atoms with Crippen molar-refractivity contribution in [3.05, 3.63) is 9.67 Å². The molecule has 130 valence electrons. The summed E-state index contributed by atoms with van der Waals surface area (Å²) in [5, 5.41) is 0. The van der Waals surface area contributed by atoms with Gasteiger partial charge in [-0.15, -0.1) is 0 Å². The summed E-state index contributed by atoms with van der Waals surface area (Å²) in [6.07, 6.45) is 15.6. The Hall–Kier alpha value is 0.499. The fourth-order valence-electron chi connectivity index (χ4n) is 4.10. The quantitative estimate of drug-likeness (QED) is 0.373. The molecule has 1 aliphatic heterocycles. The van der Waals surface area contributed by atoms with Gasteiger partial charge >= 0.3 is 145 Å². The van der Waals surface area contributed by atoms with Gasteiger partial charge in [-0.25, -0.2) is 0 Å². The van der Waals surface area contributed by atoms with Crippen LogP contribution < -0.4 is 0 Å². The summed E-state index contributed by atoms with van der Waals surface area (Å²) in [6.45, 7) is 9.75. The molecule has 0 saturated carbocycles. The number of hydrogen-bond donors (Lipinski definition) is 0. The van der Waals surface area contributed by atoms with E-state index in [1.807, 2.05) is 0 Å². The molecule has 0 unspecified atom stereocenters. The van der Waals surface area contributed by atoms with E-state index in [2.05, 4.69) is 42.4 Å². The molecule has 0 saturated heterocycles. The Morgan fingerprint density at radius 2 is 1.45 bits per heavy atom. The molecule has 0 atom stereocenters. The van der Waals surface area contributed by atoms with Gasteiger partial charge in [0.15, 0.2) is 0 Å². The average Bonchev–Trinajstić information content (AvgIpc) is 2.51. The van der Waals surface area contributed by atoms with E-state index in [0.29, 0.717) is 0 Å². The number of allylic oxidation sites excluding steroid dienone is 1. The van der Waals surface area contributed by atoms with Crippen LogP contribution in [0.4, 0.5) is 0 Å². The molecule has 1 aliphatic rings. The van der Waals surface area contributed by atoms with E-state index in [0.717, 1.165) is 0 Å². The summed E-state index contributed by atoms with van der Waals surface area (Å²) in [6, 6.07) is 0. The first-order valence-corrected chi connectivity index (χ1v) is 17.5. The zero-order chi connectivity index (χ0) is 16.3. The van der Waals surface area contributed by atoms with Gasteiger partial charge in [-0.3, -0.25) is 0 Å². The van der Waals surface area contributed by atoms with Gasteiger partial charge in [-0.2, -0.15) is 0 Å². The van der Waals surface area contributed by atoms with Gasteiger partial charge < -0.3 is 0 Å². The summed E-state index contributed by atoms with van der Waals surface area (Å²) < 4.78 is 6.99. The van der Waals surface area contributed by atoms with Gasteiger partial charge in [-0.05, 0) is 0 Å². The standard InChI is InChI=1S/C8H14N.3C4H9.Sn/c1-9-7-5-3-2-4-6-8-9;3*1-3-4-2;/h3H,4-8H2,1H3;3*1,3-4H2,2H3;. The van der Waals surface area contributed by atoms with E-state index in [4.69, 9.17) is 0 Å². The van der Waals surface area contributed by atoms with Crippen LogP contribution >= 0.6 is 0 Å². The van der Waals surface area contributed by atoms with E-state index in [9.17, 15) is 0 Å². The van der Waals surface area contributed by atoms with Crippen molar-refractivity contribution in [2.75, 3.05) is 20.1 Å². The van der Waals surface area contributed by atoms with Crippen LogP contribution in [-0.2, 0) is 0 Å². The molecule has 0 fully saturated rings. The summed E-state index contributed by atoms with van der Waals surface area (Å²) in [5.41, 5.74) is 0. The fourth-order valence-corrected chi connectivity index (χ4v) is 21.5. The van der Waals surface area contributed by atoms with Gasteiger partial charge in [-0.1, -0.05) is 0 Å². The van der Waals surface area contributed by atoms with E-state index in [-0.39, 0.29) is 0 Å². The van der Waals surface area contributed by atoms with Gasteiger partial charge in [0, 0.05) is 0 Å². The fraction of sp³-hybridized carbons (Fsp3) is 0.900. The second-order valence-electron chi connectivity index (χ2n) is 7.52. The number of rotatable bonds is 10. The molecule has 22 heavy (non-hydrogen) atoms. The maximum absolute atomic E-state index is 2.74. The molecular weight excluding hydrogens is 373 g/mol. The summed E-state index contributed by atoms with van der Waals surface area (Å²) in [5.74, 6) is 0. The van der Waals surface area contributed by atoms with Crippen LogP contribution in [-0.4, -0.2) is 43.4 Å². The average molecular weight is 414 g/mol. The Balaban J connectivity index is 2.93. The molecule has 0 spiro atoms. The van der Waals surface area contributed by atoms with E-state index < -0.39 is 18.4 Å². The van der Waals surface area contributed by atoms with Gasteiger partial charge in [0.1, 0.15) is 0 Å². The third-order valence-electron chi connectivity index (χ3n) is 5.60. The summed E-state index contributed by atoms with van der Waals surface area (Å²) >= 11 is -2.08. The van der Waals surface area contributed by atoms with Crippen LogP contribution in [0.5, 0.6) is 0 Å². The van der Waals surface area contributed by atoms with Gasteiger partial charge in [0.05, 0.1) is 0 Å². The van der Waals surface area contributed by atoms with Gasteiger partial charge in [0.25, 0.3) is 0 Å². The Labute approximate surface area is 144 Å². The molecule has 0 N–H and O–H groups in total. The normalized spacial score (nSPS) is 20.3. The molecule has 1 rings (SSSR count). The zero-order valence-corrected chi connectivity index (χ0v) is 18.8. The van der Waals surface area contributed by atoms with E-state index in [1.165, 1.54) is 70.9 Å². The van der Waals surface area contributed by atoms with Crippen molar-refractivity contribution in [3.63, 3.8) is 0 Å². The summed E-state index contributed by atoms with van der Waals surface area (Å²) in [4.78, 5) is 2.52. The maximum atomic E-state index is 2.74. The van der Waals surface area contributed by atoms with Crippen molar-refractivity contribution >= 4 is 18.4 Å². The second kappa shape index (κ2) is 11.9. The Morgan fingerprint density at radius 1 is 0.909 bits per heavy atom. The molecule has 0 aromatic heterocycles. The number of unbranched alkanes of at least 4 members (excludes halogenated alkanes) is 3. The van der Waals surface area contributed by atoms with Crippen LogP contribution in [0.2, 0.25) is 13.3 Å². The molecule has 1 heterocycles. The molecule has 0 radical (unpaired) electrons. The Morgan fingerprint density at radius 3 is 1.95 bits per heavy atom. The van der Waals surface area contributed by atoms with Crippen molar-refractivity contribution in [2.24, 2.45) is 0 Å². The van der Waals surface area contributed by atoms with Crippen LogP contribution in [0.3, 0.4) is 0 Å². The van der Waals surface area contributed by atoms with Crippen LogP contribution in [0.25, 0.3) is 0 Å². The monoisotopic (exact) mass is 415 g/mol. The first-order valence-electron chi connectivity index (χ1n) is 10.1. The van der Waals surface area contributed by atoms with Crippen molar-refractivity contribution in [2.45, 2.75) is 91.9 Å². The van der Waals surface area contributed by atoms with Crippen molar-refractivity contribution in [3.8, 4) is 0 Å². The van der Waals surface area contributed by atoms with Crippen LogP contribution in [0.15, 0.2) is 9.67 Å². The first-order chi connectivity index (χ1) is 10.7. The minimum absolute atomic E-state index is 1.28. The van der Waals surface area contributed by atoms with Crippen molar-refractivity contribution < 1.29 is 0 Å². The molecular formula is C20H41NSn. The van der Waals surface area contributed by atoms with Crippen LogP contribution in [0.1, 0.15) is 78.6 Å². The van der Waals surface area contributed by atoms with Crippen molar-refractivity contribution in [1.82, 2.24) is 4.90 Å². The third-order valence-corrected chi connectivity index (χ3v) is 22.0. The Kier molecular flexibility index (Phi) is 11.2. The molecule has 0 aromatic carbocycles. The molecule has 2 heteroatoms. The van der Waals surface area contributed by atoms with E-state index >= 15 is 0 Å². The van der Waals surface area contributed by atoms with Gasteiger partial charge in [0.2, 0.25) is 0 Å². The van der Waals surface area contributed by atoms with Crippen molar-refractivity contribution in [1.29, 1.82) is 0 Å². The predicted octanol–water partition coefficient (Wildman–Crippen LogP) is 6.42. The molecule has 0 aliphatic carbocycles. The molecule has 0 aromatic rings. The molecule has 1 nitrogen and oxygen atoms in total. The molecule has 0 bridgehead atoms. The predicted molar refractivity (Wildman–Crippen MR) is 104 cm³/mol. The molecule has 0 amide bonds. The Bertz CT molecular complexity index is 289. The SMILES string of the molecule is CCC[CH2][Sn]([CH2]CCC)([CH2]CCC)/[C]1=C/CCN(C)CCC1. The zero-order valence-electron chi connectivity index (χ0n) is 15.9. The number of hydrogen-bond acceptors (Lipinski definition) is 1. The van der Waals surface area contributed by atoms with Crippen LogP contribution in [0, 0.1) is 0 Å². The summed E-state index contributed by atoms with van der Waals surface area (Å²) in [7, 11) is 2.29. The number of nitrogens with zero attached hydrogens (tertiary/aromatic N) is 1. The van der Waals surface area contributed by atoms with E-state index in [1.54, 1.807) is 13.3 Å². The minimum atomic E-state index is -2.08. The third kappa shape index (κ3) is 6.95.